The molecule has 0 N–H and O–H groups in total. The van der Waals surface area contributed by atoms with E-state index in [9.17, 15) is 0 Å². The lowest BCUT2D eigenvalue weighted by atomic mass is 9.82. The normalized spacial score (nSPS) is 11.7. The van der Waals surface area contributed by atoms with E-state index < -0.39 is 0 Å². The summed E-state index contributed by atoms with van der Waals surface area (Å²) in [6, 6.07) is 8.84. The number of hydrogen-bond donors (Lipinski definition) is 0. The van der Waals surface area contributed by atoms with Gasteiger partial charge >= 0.3 is 0 Å². The zero-order chi connectivity index (χ0) is 9.19. The average Bonchev–Trinajstić information content (AvgIpc) is 2.05. The molecule has 12 heavy (non-hydrogen) atoms. The van der Waals surface area contributed by atoms with Crippen LogP contribution < -0.4 is 0 Å². The molecule has 0 aromatic heterocycles. The molecular weight excluding hydrogens is 144 g/mol. The van der Waals surface area contributed by atoms with E-state index in [1.165, 1.54) is 17.5 Å². The maximum Gasteiger partial charge on any atom is -0.0106 e. The summed E-state index contributed by atoms with van der Waals surface area (Å²) in [5.41, 5.74) is 3.11. The molecule has 0 unspecified atom stereocenters. The first-order valence-electron chi connectivity index (χ1n) is 4.63. The molecule has 0 nitrogen and oxygen atoms in total. The Bertz CT molecular complexity index is 241. The van der Waals surface area contributed by atoms with Crippen LogP contribution in [0.25, 0.3) is 0 Å². The van der Waals surface area contributed by atoms with E-state index in [1.807, 2.05) is 0 Å². The van der Waals surface area contributed by atoms with Crippen LogP contribution in [0.4, 0.5) is 0 Å². The van der Waals surface area contributed by atoms with Gasteiger partial charge in [0.25, 0.3) is 0 Å². The molecule has 0 amide bonds. The standard InChI is InChI=1S/C12H18/c1-5-12(3,4)11-8-6-10(2)7-9-11/h6-9H,5H2,1-4H3. The van der Waals surface area contributed by atoms with Crippen LogP contribution >= 0.6 is 0 Å². The van der Waals surface area contributed by atoms with Gasteiger partial charge in [-0.1, -0.05) is 50.6 Å². The Labute approximate surface area is 75.6 Å². The Balaban J connectivity index is 2.96. The molecule has 66 valence electrons. The van der Waals surface area contributed by atoms with Crippen LogP contribution in [0.3, 0.4) is 0 Å². The first-order valence-corrected chi connectivity index (χ1v) is 4.63. The fourth-order valence-corrected chi connectivity index (χ4v) is 1.21. The van der Waals surface area contributed by atoms with Gasteiger partial charge in [0.2, 0.25) is 0 Å². The van der Waals surface area contributed by atoms with Gasteiger partial charge in [-0.3, -0.25) is 0 Å². The summed E-state index contributed by atoms with van der Waals surface area (Å²) in [7, 11) is 0. The summed E-state index contributed by atoms with van der Waals surface area (Å²) < 4.78 is 0. The van der Waals surface area contributed by atoms with Crippen molar-refractivity contribution in [1.29, 1.82) is 0 Å². The van der Waals surface area contributed by atoms with Crippen LogP contribution in [0.2, 0.25) is 0 Å². The number of hydrogen-bond acceptors (Lipinski definition) is 0. The molecule has 0 aliphatic rings. The van der Waals surface area contributed by atoms with Crippen molar-refractivity contribution in [2.75, 3.05) is 0 Å². The van der Waals surface area contributed by atoms with E-state index >= 15 is 0 Å². The van der Waals surface area contributed by atoms with E-state index in [0.29, 0.717) is 5.41 Å². The molecular formula is C12H18. The van der Waals surface area contributed by atoms with Gasteiger partial charge in [-0.05, 0) is 24.3 Å². The third kappa shape index (κ3) is 1.88. The molecule has 0 radical (unpaired) electrons. The van der Waals surface area contributed by atoms with Crippen molar-refractivity contribution in [2.24, 2.45) is 0 Å². The van der Waals surface area contributed by atoms with Crippen molar-refractivity contribution in [3.63, 3.8) is 0 Å². The third-order valence-corrected chi connectivity index (χ3v) is 2.72. The zero-order valence-corrected chi connectivity index (χ0v) is 8.52. The highest BCUT2D eigenvalue weighted by atomic mass is 14.2. The molecule has 1 aromatic rings. The van der Waals surface area contributed by atoms with E-state index in [2.05, 4.69) is 52.0 Å². The van der Waals surface area contributed by atoms with Crippen molar-refractivity contribution in [1.82, 2.24) is 0 Å². The second kappa shape index (κ2) is 3.30. The van der Waals surface area contributed by atoms with Gasteiger partial charge in [0, 0.05) is 0 Å². The Morgan fingerprint density at radius 2 is 1.58 bits per heavy atom. The lowest BCUT2D eigenvalue weighted by molar-refractivity contribution is 0.506. The van der Waals surface area contributed by atoms with Crippen molar-refractivity contribution >= 4 is 0 Å². The van der Waals surface area contributed by atoms with Crippen LogP contribution in [0.15, 0.2) is 24.3 Å². The van der Waals surface area contributed by atoms with Gasteiger partial charge in [-0.2, -0.15) is 0 Å². The minimum absolute atomic E-state index is 0.327. The molecule has 1 rings (SSSR count). The molecule has 0 saturated carbocycles. The Kier molecular flexibility index (Phi) is 2.56. The van der Waals surface area contributed by atoms with Crippen LogP contribution in [-0.2, 0) is 5.41 Å². The average molecular weight is 162 g/mol. The Morgan fingerprint density at radius 3 is 2.00 bits per heavy atom. The van der Waals surface area contributed by atoms with E-state index in [0.717, 1.165) is 0 Å². The van der Waals surface area contributed by atoms with E-state index in [1.54, 1.807) is 0 Å². The van der Waals surface area contributed by atoms with Gasteiger partial charge in [0.15, 0.2) is 0 Å². The Hall–Kier alpha value is -0.780. The first kappa shape index (κ1) is 9.31. The predicted molar refractivity (Wildman–Crippen MR) is 54.5 cm³/mol. The predicted octanol–water partition coefficient (Wildman–Crippen LogP) is 3.68. The molecule has 0 fully saturated rings. The summed E-state index contributed by atoms with van der Waals surface area (Å²) >= 11 is 0. The highest BCUT2D eigenvalue weighted by Gasteiger charge is 2.16. The number of aryl methyl sites for hydroxylation is 1. The lowest BCUT2D eigenvalue weighted by Crippen LogP contribution is -2.14. The van der Waals surface area contributed by atoms with Gasteiger partial charge in [-0.15, -0.1) is 0 Å². The second-order valence-electron chi connectivity index (χ2n) is 4.10. The maximum absolute atomic E-state index is 2.29. The maximum atomic E-state index is 2.29. The molecule has 0 bridgehead atoms. The molecule has 0 heteroatoms. The van der Waals surface area contributed by atoms with Gasteiger partial charge in [0.05, 0.1) is 0 Å². The van der Waals surface area contributed by atoms with E-state index in [4.69, 9.17) is 0 Å². The number of benzene rings is 1. The highest BCUT2D eigenvalue weighted by molar-refractivity contribution is 5.27. The zero-order valence-electron chi connectivity index (χ0n) is 8.52. The molecule has 0 saturated heterocycles. The van der Waals surface area contributed by atoms with Crippen LogP contribution in [0.1, 0.15) is 38.3 Å². The summed E-state index contributed by atoms with van der Waals surface area (Å²) in [5.74, 6) is 0. The van der Waals surface area contributed by atoms with Crippen molar-refractivity contribution < 1.29 is 0 Å². The van der Waals surface area contributed by atoms with Crippen LogP contribution in [0, 0.1) is 6.92 Å². The summed E-state index contributed by atoms with van der Waals surface area (Å²) in [6.07, 6.45) is 1.19. The fourth-order valence-electron chi connectivity index (χ4n) is 1.21. The SMILES string of the molecule is CCC(C)(C)c1ccc(C)cc1. The summed E-state index contributed by atoms with van der Waals surface area (Å²) in [5, 5.41) is 0. The van der Waals surface area contributed by atoms with Gasteiger partial charge in [0.1, 0.15) is 0 Å². The highest BCUT2D eigenvalue weighted by Crippen LogP contribution is 2.26. The quantitative estimate of drug-likeness (QED) is 0.622. The largest absolute Gasteiger partial charge is 0.0646 e. The van der Waals surface area contributed by atoms with Crippen molar-refractivity contribution in [3.05, 3.63) is 35.4 Å². The van der Waals surface area contributed by atoms with E-state index in [-0.39, 0.29) is 0 Å². The summed E-state index contributed by atoms with van der Waals surface area (Å²) in [4.78, 5) is 0. The minimum Gasteiger partial charge on any atom is -0.0646 e. The van der Waals surface area contributed by atoms with Crippen molar-refractivity contribution in [2.45, 2.75) is 39.5 Å². The molecule has 0 heterocycles. The second-order valence-corrected chi connectivity index (χ2v) is 4.10. The molecule has 0 spiro atoms. The van der Waals surface area contributed by atoms with Crippen LogP contribution in [0.5, 0.6) is 0 Å². The monoisotopic (exact) mass is 162 g/mol. The van der Waals surface area contributed by atoms with Crippen molar-refractivity contribution in [3.8, 4) is 0 Å². The first-order chi connectivity index (χ1) is 5.56. The molecule has 0 aliphatic carbocycles. The third-order valence-electron chi connectivity index (χ3n) is 2.72. The molecule has 0 atom stereocenters. The van der Waals surface area contributed by atoms with Gasteiger partial charge in [-0.25, -0.2) is 0 Å². The van der Waals surface area contributed by atoms with Crippen LogP contribution in [-0.4, -0.2) is 0 Å². The molecule has 1 aromatic carbocycles. The molecule has 0 aliphatic heterocycles. The fraction of sp³-hybridized carbons (Fsp3) is 0.500. The number of rotatable bonds is 2. The lowest BCUT2D eigenvalue weighted by Gasteiger charge is -2.23. The smallest absolute Gasteiger partial charge is 0.0106 e. The summed E-state index contributed by atoms with van der Waals surface area (Å²) in [6.45, 7) is 8.94. The minimum atomic E-state index is 0.327. The topological polar surface area (TPSA) is 0 Å². The van der Waals surface area contributed by atoms with Gasteiger partial charge < -0.3 is 0 Å². The Morgan fingerprint density at radius 1 is 1.08 bits per heavy atom.